The Labute approximate surface area is 186 Å². The van der Waals surface area contributed by atoms with Gasteiger partial charge in [0.15, 0.2) is 0 Å². The first-order valence-electron chi connectivity index (χ1n) is 8.98. The van der Waals surface area contributed by atoms with Gasteiger partial charge in [0.25, 0.3) is 11.8 Å². The van der Waals surface area contributed by atoms with Gasteiger partial charge in [-0.3, -0.25) is 9.59 Å². The number of carbonyl (C=O) groups excluding carboxylic acids is 2. The largest absolute Gasteiger partial charge is 0.321 e. The number of hydrogen-bond donors (Lipinski definition) is 2. The van der Waals surface area contributed by atoms with Crippen molar-refractivity contribution in [3.8, 4) is 0 Å². The van der Waals surface area contributed by atoms with Crippen molar-refractivity contribution in [2.45, 2.75) is 6.92 Å². The molecule has 0 aliphatic heterocycles. The van der Waals surface area contributed by atoms with Crippen LogP contribution in [0.3, 0.4) is 0 Å². The van der Waals surface area contributed by atoms with Crippen molar-refractivity contribution in [2.75, 3.05) is 5.32 Å². The summed E-state index contributed by atoms with van der Waals surface area (Å²) in [6, 6.07) is 16.3. The summed E-state index contributed by atoms with van der Waals surface area (Å²) in [4.78, 5) is 26.3. The van der Waals surface area contributed by atoms with Crippen molar-refractivity contribution in [3.05, 3.63) is 85.9 Å². The number of halogens is 1. The van der Waals surface area contributed by atoms with Crippen molar-refractivity contribution in [1.82, 2.24) is 5.43 Å². The zero-order valence-electron chi connectivity index (χ0n) is 15.8. The van der Waals surface area contributed by atoms with Gasteiger partial charge in [0.2, 0.25) is 0 Å². The van der Waals surface area contributed by atoms with E-state index in [0.29, 0.717) is 21.2 Å². The van der Waals surface area contributed by atoms with Crippen LogP contribution in [0.1, 0.15) is 30.5 Å². The maximum atomic E-state index is 12.7. The number of hydrogen-bond acceptors (Lipinski definition) is 5. The highest BCUT2D eigenvalue weighted by atomic mass is 35.5. The molecule has 2 aromatic heterocycles. The van der Waals surface area contributed by atoms with Gasteiger partial charge in [0.1, 0.15) is 4.88 Å². The molecule has 0 aliphatic rings. The number of rotatable bonds is 5. The van der Waals surface area contributed by atoms with Gasteiger partial charge < -0.3 is 5.32 Å². The minimum atomic E-state index is -0.330. The molecule has 0 unspecified atom stereocenters. The Morgan fingerprint density at radius 1 is 1.07 bits per heavy atom. The number of anilines is 1. The number of hydrazone groups is 1. The molecule has 5 nitrogen and oxygen atoms in total. The van der Waals surface area contributed by atoms with E-state index in [1.54, 1.807) is 30.5 Å². The normalized spacial score (nSPS) is 11.1. The van der Waals surface area contributed by atoms with Crippen LogP contribution in [0, 0.1) is 6.92 Å². The second-order valence-corrected chi connectivity index (χ2v) is 8.90. The fourth-order valence-corrected chi connectivity index (χ4v) is 4.89. The van der Waals surface area contributed by atoms with Crippen molar-refractivity contribution >= 4 is 68.1 Å². The Kier molecular flexibility index (Phi) is 5.94. The van der Waals surface area contributed by atoms with Crippen molar-refractivity contribution in [3.63, 3.8) is 0 Å². The van der Waals surface area contributed by atoms with E-state index in [9.17, 15) is 9.59 Å². The molecule has 0 atom stereocenters. The number of thiophene rings is 2. The van der Waals surface area contributed by atoms with E-state index in [1.165, 1.54) is 22.7 Å². The van der Waals surface area contributed by atoms with Gasteiger partial charge >= 0.3 is 0 Å². The molecule has 0 saturated heterocycles. The van der Waals surface area contributed by atoms with Crippen LogP contribution < -0.4 is 10.7 Å². The Morgan fingerprint density at radius 2 is 1.87 bits per heavy atom. The summed E-state index contributed by atoms with van der Waals surface area (Å²) in [6.45, 7) is 2.00. The van der Waals surface area contributed by atoms with Crippen molar-refractivity contribution in [1.29, 1.82) is 0 Å². The molecule has 0 spiro atoms. The van der Waals surface area contributed by atoms with Crippen LogP contribution in [-0.4, -0.2) is 18.0 Å². The maximum absolute atomic E-state index is 12.7. The highest BCUT2D eigenvalue weighted by Crippen LogP contribution is 2.36. The number of carbonyl (C=O) groups is 2. The van der Waals surface area contributed by atoms with Gasteiger partial charge in [-0.25, -0.2) is 5.43 Å². The first-order chi connectivity index (χ1) is 14.5. The summed E-state index contributed by atoms with van der Waals surface area (Å²) in [5.41, 5.74) is 4.61. The van der Waals surface area contributed by atoms with Crippen LogP contribution in [0.2, 0.25) is 5.02 Å². The second kappa shape index (κ2) is 8.79. The molecule has 30 heavy (non-hydrogen) atoms. The van der Waals surface area contributed by atoms with Crippen LogP contribution >= 0.6 is 34.3 Å². The molecule has 2 N–H and O–H groups in total. The highest BCUT2D eigenvalue weighted by molar-refractivity contribution is 7.21. The van der Waals surface area contributed by atoms with Crippen LogP contribution in [0.25, 0.3) is 10.1 Å². The Bertz CT molecular complexity index is 1250. The molecular formula is C22H16ClN3O2S2. The van der Waals surface area contributed by atoms with Crippen LogP contribution in [0.4, 0.5) is 5.69 Å². The third-order valence-electron chi connectivity index (χ3n) is 4.30. The van der Waals surface area contributed by atoms with E-state index in [2.05, 4.69) is 15.8 Å². The summed E-state index contributed by atoms with van der Waals surface area (Å²) in [5, 5.41) is 10.0. The number of benzene rings is 2. The fourth-order valence-electron chi connectivity index (χ4n) is 2.80. The van der Waals surface area contributed by atoms with Gasteiger partial charge in [-0.05, 0) is 54.3 Å². The van der Waals surface area contributed by atoms with Gasteiger partial charge in [0.05, 0.1) is 11.2 Å². The number of amides is 2. The van der Waals surface area contributed by atoms with E-state index < -0.39 is 0 Å². The zero-order chi connectivity index (χ0) is 21.1. The second-order valence-electron chi connectivity index (χ2n) is 6.49. The molecule has 150 valence electrons. The standard InChI is InChI=1S/C22H16ClN3O2S2/c1-13-4-9-17-18(11-13)30-20(19(17)23)22(28)25-15-7-5-14(6-8-15)21(27)26-24-12-16-3-2-10-29-16/h2-12H,1H3,(H,25,28)(H,26,27)/b24-12-. The molecule has 0 fully saturated rings. The van der Waals surface area contributed by atoms with Crippen LogP contribution in [0.15, 0.2) is 65.1 Å². The van der Waals surface area contributed by atoms with Gasteiger partial charge in [-0.2, -0.15) is 5.10 Å². The Balaban J connectivity index is 1.42. The minimum absolute atomic E-state index is 0.281. The van der Waals surface area contributed by atoms with E-state index >= 15 is 0 Å². The molecule has 0 bridgehead atoms. The average Bonchev–Trinajstić information content (AvgIpc) is 3.36. The zero-order valence-corrected chi connectivity index (χ0v) is 18.2. The first-order valence-corrected chi connectivity index (χ1v) is 11.1. The molecule has 4 rings (SSSR count). The summed E-state index contributed by atoms with van der Waals surface area (Å²) in [6.07, 6.45) is 1.59. The van der Waals surface area contributed by atoms with Gasteiger partial charge in [0, 0.05) is 26.2 Å². The smallest absolute Gasteiger partial charge is 0.271 e. The molecule has 2 aromatic carbocycles. The van der Waals surface area contributed by atoms with Crippen LogP contribution in [0.5, 0.6) is 0 Å². The lowest BCUT2D eigenvalue weighted by Gasteiger charge is -2.05. The lowest BCUT2D eigenvalue weighted by molar-refractivity contribution is 0.0954. The number of aryl methyl sites for hydroxylation is 1. The summed E-state index contributed by atoms with van der Waals surface area (Å²) >= 11 is 9.29. The van der Waals surface area contributed by atoms with E-state index in [1.807, 2.05) is 42.6 Å². The molecule has 4 aromatic rings. The van der Waals surface area contributed by atoms with Crippen LogP contribution in [-0.2, 0) is 0 Å². The molecule has 0 radical (unpaired) electrons. The van der Waals surface area contributed by atoms with Crippen molar-refractivity contribution < 1.29 is 9.59 Å². The summed E-state index contributed by atoms with van der Waals surface area (Å²) in [5.74, 6) is -0.611. The summed E-state index contributed by atoms with van der Waals surface area (Å²) < 4.78 is 0.972. The molecule has 2 amide bonds. The fraction of sp³-hybridized carbons (Fsp3) is 0.0455. The maximum Gasteiger partial charge on any atom is 0.271 e. The Hall–Kier alpha value is -3.00. The number of fused-ring (bicyclic) bond motifs is 1. The average molecular weight is 454 g/mol. The third kappa shape index (κ3) is 4.43. The number of nitrogens with one attached hydrogen (secondary N) is 2. The predicted octanol–water partition coefficient (Wildman–Crippen LogP) is 5.94. The topological polar surface area (TPSA) is 70.6 Å². The predicted molar refractivity (Wildman–Crippen MR) is 125 cm³/mol. The van der Waals surface area contributed by atoms with E-state index in [-0.39, 0.29) is 11.8 Å². The SMILES string of the molecule is Cc1ccc2c(Cl)c(C(=O)Nc3ccc(C(=O)N/N=C\c4cccs4)cc3)sc2c1. The van der Waals surface area contributed by atoms with Crippen molar-refractivity contribution in [2.24, 2.45) is 5.10 Å². The monoisotopic (exact) mass is 453 g/mol. The highest BCUT2D eigenvalue weighted by Gasteiger charge is 2.17. The Morgan fingerprint density at radius 3 is 2.60 bits per heavy atom. The quantitative estimate of drug-likeness (QED) is 0.290. The summed E-state index contributed by atoms with van der Waals surface area (Å²) in [7, 11) is 0. The first kappa shape index (κ1) is 20.3. The molecule has 8 heteroatoms. The lowest BCUT2D eigenvalue weighted by atomic mass is 10.2. The molecular weight excluding hydrogens is 438 g/mol. The van der Waals surface area contributed by atoms with Gasteiger partial charge in [-0.15, -0.1) is 22.7 Å². The third-order valence-corrected chi connectivity index (χ3v) is 6.76. The van der Waals surface area contributed by atoms with Gasteiger partial charge in [-0.1, -0.05) is 29.8 Å². The molecule has 2 heterocycles. The molecule has 0 aliphatic carbocycles. The van der Waals surface area contributed by atoms with E-state index in [0.717, 1.165) is 20.5 Å². The molecule has 0 saturated carbocycles. The van der Waals surface area contributed by atoms with E-state index in [4.69, 9.17) is 11.6 Å². The minimum Gasteiger partial charge on any atom is -0.321 e. The number of nitrogens with zero attached hydrogens (tertiary/aromatic N) is 1. The lowest BCUT2D eigenvalue weighted by Crippen LogP contribution is -2.17.